The number of pyridine rings is 2. The highest BCUT2D eigenvalue weighted by molar-refractivity contribution is 6.34. The molecule has 4 aromatic carbocycles. The number of aromatic amines is 1. The number of nitrogen functional groups attached to an aromatic ring is 1. The van der Waals surface area contributed by atoms with Gasteiger partial charge >= 0.3 is 0 Å². The summed E-state index contributed by atoms with van der Waals surface area (Å²) in [6.45, 7) is 0. The number of nitrogens with zero attached hydrogens (tertiary/aromatic N) is 4. The number of para-hydroxylation sites is 2. The molecule has 0 amide bonds. The summed E-state index contributed by atoms with van der Waals surface area (Å²) in [5, 5.41) is 24.3. The Morgan fingerprint density at radius 1 is 0.714 bits per heavy atom. The van der Waals surface area contributed by atoms with E-state index < -0.39 is 0 Å². The van der Waals surface area contributed by atoms with Gasteiger partial charge in [0.2, 0.25) is 0 Å². The Hall–Kier alpha value is -6.57. The second kappa shape index (κ2) is 14.9. The van der Waals surface area contributed by atoms with Crippen LogP contribution in [0.15, 0.2) is 122 Å². The summed E-state index contributed by atoms with van der Waals surface area (Å²) in [7, 11) is 3.24. The number of methoxy groups -OCH3 is 2. The number of fused-ring (bicyclic) bond motifs is 1. The smallest absolute Gasteiger partial charge is 0.156 e. The van der Waals surface area contributed by atoms with Crippen molar-refractivity contribution in [3.05, 3.63) is 132 Å². The lowest BCUT2D eigenvalue weighted by Crippen LogP contribution is -1.98. The number of nitrogens with one attached hydrogen (secondary N) is 3. The molecule has 7 rings (SSSR count). The van der Waals surface area contributed by atoms with E-state index in [1.807, 2.05) is 109 Å². The SMILES string of the molecule is COc1cccc(-c2cnc(Nc3ccccc3)c(Cl)c2C#N)c1.COc1cccc(-c2cnc(Nc3ccccc3)c3[nH]nc(N)c23)c1. The van der Waals surface area contributed by atoms with E-state index in [0.717, 1.165) is 44.7 Å². The maximum absolute atomic E-state index is 9.56. The maximum atomic E-state index is 9.56. The van der Waals surface area contributed by atoms with Crippen molar-refractivity contribution < 1.29 is 9.47 Å². The Morgan fingerprint density at radius 2 is 1.24 bits per heavy atom. The van der Waals surface area contributed by atoms with E-state index in [4.69, 9.17) is 26.8 Å². The largest absolute Gasteiger partial charge is 0.497 e. The minimum absolute atomic E-state index is 0.293. The minimum Gasteiger partial charge on any atom is -0.497 e. The van der Waals surface area contributed by atoms with Gasteiger partial charge in [-0.25, -0.2) is 9.97 Å². The minimum atomic E-state index is 0.293. The lowest BCUT2D eigenvalue weighted by atomic mass is 10.0. The summed E-state index contributed by atoms with van der Waals surface area (Å²) >= 11 is 6.41. The summed E-state index contributed by atoms with van der Waals surface area (Å²) < 4.78 is 10.5. The Morgan fingerprint density at radius 3 is 1.82 bits per heavy atom. The molecule has 3 heterocycles. The Kier molecular flexibility index (Phi) is 9.84. The van der Waals surface area contributed by atoms with Crippen molar-refractivity contribution in [1.29, 1.82) is 5.26 Å². The molecule has 7 aromatic rings. The highest BCUT2D eigenvalue weighted by atomic mass is 35.5. The number of nitrogens with two attached hydrogens (primary N) is 1. The van der Waals surface area contributed by atoms with Crippen molar-refractivity contribution in [2.24, 2.45) is 0 Å². The number of ether oxygens (including phenoxy) is 2. The van der Waals surface area contributed by atoms with E-state index in [2.05, 4.69) is 36.9 Å². The molecule has 3 aromatic heterocycles. The summed E-state index contributed by atoms with van der Waals surface area (Å²) in [5.74, 6) is 3.05. The first-order chi connectivity index (χ1) is 24.0. The molecule has 0 saturated heterocycles. The van der Waals surface area contributed by atoms with E-state index in [-0.39, 0.29) is 0 Å². The third kappa shape index (κ3) is 7.22. The quantitative estimate of drug-likeness (QED) is 0.125. The van der Waals surface area contributed by atoms with E-state index in [0.29, 0.717) is 39.4 Å². The molecule has 49 heavy (non-hydrogen) atoms. The number of anilines is 5. The molecule has 0 fully saturated rings. The van der Waals surface area contributed by atoms with Crippen LogP contribution in [-0.2, 0) is 0 Å². The molecule has 0 radical (unpaired) electrons. The van der Waals surface area contributed by atoms with Crippen LogP contribution < -0.4 is 25.8 Å². The van der Waals surface area contributed by atoms with Crippen LogP contribution in [0.2, 0.25) is 5.02 Å². The summed E-state index contributed by atoms with van der Waals surface area (Å²) in [4.78, 5) is 8.95. The van der Waals surface area contributed by atoms with Crippen molar-refractivity contribution in [2.75, 3.05) is 30.6 Å². The van der Waals surface area contributed by atoms with Gasteiger partial charge in [-0.15, -0.1) is 0 Å². The second-order valence-electron chi connectivity index (χ2n) is 10.6. The fraction of sp³-hybridized carbons (Fsp3) is 0.0526. The predicted octanol–water partition coefficient (Wildman–Crippen LogP) is 8.99. The number of halogens is 1. The molecular weight excluding hydrogens is 636 g/mol. The first-order valence-electron chi connectivity index (χ1n) is 15.1. The zero-order valence-electron chi connectivity index (χ0n) is 26.6. The molecule has 10 nitrogen and oxygen atoms in total. The van der Waals surface area contributed by atoms with Crippen LogP contribution in [0.3, 0.4) is 0 Å². The fourth-order valence-corrected chi connectivity index (χ4v) is 5.41. The first-order valence-corrected chi connectivity index (χ1v) is 15.5. The molecule has 242 valence electrons. The number of nitriles is 1. The maximum Gasteiger partial charge on any atom is 0.156 e. The molecule has 0 saturated carbocycles. The number of rotatable bonds is 8. The van der Waals surface area contributed by atoms with Gasteiger partial charge in [0.25, 0.3) is 0 Å². The van der Waals surface area contributed by atoms with Crippen LogP contribution in [0, 0.1) is 11.3 Å². The monoisotopic (exact) mass is 666 g/mol. The van der Waals surface area contributed by atoms with Crippen LogP contribution in [0.1, 0.15) is 5.56 Å². The van der Waals surface area contributed by atoms with E-state index in [1.54, 1.807) is 26.6 Å². The summed E-state index contributed by atoms with van der Waals surface area (Å²) in [6.07, 6.45) is 3.44. The molecule has 0 aliphatic carbocycles. The van der Waals surface area contributed by atoms with Crippen molar-refractivity contribution in [1.82, 2.24) is 20.2 Å². The van der Waals surface area contributed by atoms with Crippen molar-refractivity contribution in [3.63, 3.8) is 0 Å². The van der Waals surface area contributed by atoms with Crippen LogP contribution in [0.25, 0.3) is 33.2 Å². The second-order valence-corrected chi connectivity index (χ2v) is 11.0. The van der Waals surface area contributed by atoms with Crippen LogP contribution >= 0.6 is 11.6 Å². The highest BCUT2D eigenvalue weighted by Crippen LogP contribution is 2.37. The first kappa shape index (κ1) is 32.4. The molecule has 0 aliphatic heterocycles. The van der Waals surface area contributed by atoms with Gasteiger partial charge in [0, 0.05) is 34.9 Å². The third-order valence-electron chi connectivity index (χ3n) is 7.59. The molecular formula is C38H31ClN8O2. The van der Waals surface area contributed by atoms with Gasteiger partial charge in [0.05, 0.1) is 25.2 Å². The molecule has 0 aliphatic rings. The van der Waals surface area contributed by atoms with E-state index in [1.165, 1.54) is 0 Å². The zero-order valence-corrected chi connectivity index (χ0v) is 27.4. The topological polar surface area (TPSA) is 147 Å². The fourth-order valence-electron chi connectivity index (χ4n) is 5.17. The summed E-state index contributed by atoms with van der Waals surface area (Å²) in [6, 6.07) is 36.8. The number of hydrogen-bond acceptors (Lipinski definition) is 9. The van der Waals surface area contributed by atoms with Gasteiger partial charge in [-0.05, 0) is 59.7 Å². The van der Waals surface area contributed by atoms with Crippen molar-refractivity contribution in [3.8, 4) is 39.8 Å². The number of benzene rings is 4. The lowest BCUT2D eigenvalue weighted by molar-refractivity contribution is 0.415. The predicted molar refractivity (Wildman–Crippen MR) is 196 cm³/mol. The molecule has 0 atom stereocenters. The molecule has 11 heteroatoms. The molecule has 0 spiro atoms. The molecule has 5 N–H and O–H groups in total. The molecule has 0 unspecified atom stereocenters. The standard InChI is InChI=1S/C19H14ClN3O.C19H17N5O/c1-24-15-9-5-6-13(10-15)17-12-22-19(18(20)16(17)11-21)23-14-7-3-2-4-8-14;1-25-14-9-5-6-12(10-14)15-11-21-19(17-16(15)18(20)24-23-17)22-13-7-3-2-4-8-13/h2-10,12H,1H3,(H,22,23);2-11H,1H3,(H,21,22)(H3,20,23,24). The lowest BCUT2D eigenvalue weighted by Gasteiger charge is -2.12. The van der Waals surface area contributed by atoms with Crippen LogP contribution in [-0.4, -0.2) is 34.4 Å². The Bertz CT molecular complexity index is 2250. The van der Waals surface area contributed by atoms with Gasteiger partial charge in [0.15, 0.2) is 17.5 Å². The molecule has 0 bridgehead atoms. The Labute approximate surface area is 288 Å². The van der Waals surface area contributed by atoms with Gasteiger partial charge in [-0.1, -0.05) is 72.3 Å². The normalized spacial score (nSPS) is 10.4. The summed E-state index contributed by atoms with van der Waals surface area (Å²) in [5.41, 5.74) is 12.4. The van der Waals surface area contributed by atoms with Gasteiger partial charge in [0.1, 0.15) is 28.1 Å². The van der Waals surface area contributed by atoms with E-state index >= 15 is 0 Å². The zero-order chi connectivity index (χ0) is 34.2. The Balaban J connectivity index is 0.000000170. The number of hydrogen-bond donors (Lipinski definition) is 4. The number of H-pyrrole nitrogens is 1. The highest BCUT2D eigenvalue weighted by Gasteiger charge is 2.17. The van der Waals surface area contributed by atoms with Crippen LogP contribution in [0.4, 0.5) is 28.8 Å². The average Bonchev–Trinajstić information content (AvgIpc) is 3.55. The van der Waals surface area contributed by atoms with Crippen molar-refractivity contribution in [2.45, 2.75) is 0 Å². The van der Waals surface area contributed by atoms with Crippen LogP contribution in [0.5, 0.6) is 11.5 Å². The van der Waals surface area contributed by atoms with E-state index in [9.17, 15) is 5.26 Å². The van der Waals surface area contributed by atoms with Gasteiger partial charge < -0.3 is 25.8 Å². The average molecular weight is 667 g/mol. The van der Waals surface area contributed by atoms with Gasteiger partial charge in [-0.3, -0.25) is 5.10 Å². The third-order valence-corrected chi connectivity index (χ3v) is 7.96. The van der Waals surface area contributed by atoms with Crippen molar-refractivity contribution >= 4 is 51.3 Å². The van der Waals surface area contributed by atoms with Gasteiger partial charge in [-0.2, -0.15) is 10.4 Å². The number of aromatic nitrogens is 4.